The van der Waals surface area contributed by atoms with Crippen LogP contribution in [0.1, 0.15) is 37.6 Å². The summed E-state index contributed by atoms with van der Waals surface area (Å²) in [7, 11) is 1.52. The van der Waals surface area contributed by atoms with E-state index in [1.165, 1.54) is 12.0 Å². The van der Waals surface area contributed by atoms with Crippen LogP contribution in [0.3, 0.4) is 0 Å². The Hall–Kier alpha value is -2.28. The molecule has 1 aromatic rings. The lowest BCUT2D eigenvalue weighted by atomic mass is 10.1. The summed E-state index contributed by atoms with van der Waals surface area (Å²) < 4.78 is 16.4. The fraction of sp³-hybridized carbons (Fsp3) is 0.579. The van der Waals surface area contributed by atoms with Crippen molar-refractivity contribution in [3.63, 3.8) is 0 Å². The second kappa shape index (κ2) is 8.89. The van der Waals surface area contributed by atoms with Gasteiger partial charge in [-0.15, -0.1) is 0 Å². The number of amides is 1. The van der Waals surface area contributed by atoms with Crippen LogP contribution < -0.4 is 9.47 Å². The number of ether oxygens (including phenoxy) is 3. The summed E-state index contributed by atoms with van der Waals surface area (Å²) in [6.07, 6.45) is -0.427. The Labute approximate surface area is 153 Å². The summed E-state index contributed by atoms with van der Waals surface area (Å²) >= 11 is 0. The predicted octanol–water partition coefficient (Wildman–Crippen LogP) is 2.43. The Balaban J connectivity index is 2.12. The number of hydrogen-bond acceptors (Lipinski definition) is 5. The lowest BCUT2D eigenvalue weighted by Gasteiger charge is -2.35. The number of hydrogen-bond donors (Lipinski definition) is 1. The van der Waals surface area contributed by atoms with Gasteiger partial charge < -0.3 is 24.2 Å². The molecule has 0 saturated carbocycles. The molecular weight excluding hydrogens is 338 g/mol. The molecule has 7 nitrogen and oxygen atoms in total. The number of carbonyl (C=O) groups excluding carboxylic acids is 1. The van der Waals surface area contributed by atoms with E-state index in [4.69, 9.17) is 19.3 Å². The second-order valence-corrected chi connectivity index (χ2v) is 6.88. The summed E-state index contributed by atoms with van der Waals surface area (Å²) in [5, 5.41) is 9.17. The monoisotopic (exact) mass is 365 g/mol. The molecule has 1 aromatic carbocycles. The van der Waals surface area contributed by atoms with Gasteiger partial charge in [-0.3, -0.25) is 4.79 Å². The topological polar surface area (TPSA) is 85.3 Å². The van der Waals surface area contributed by atoms with Crippen molar-refractivity contribution >= 4 is 11.9 Å². The zero-order valence-electron chi connectivity index (χ0n) is 15.7. The van der Waals surface area contributed by atoms with E-state index < -0.39 is 12.1 Å². The average molecular weight is 365 g/mol. The quantitative estimate of drug-likeness (QED) is 0.799. The van der Waals surface area contributed by atoms with Gasteiger partial charge in [0.1, 0.15) is 0 Å². The standard InChI is InChI=1S/C19H27NO6/c1-12(2)7-8-25-15-6-5-14(9-16(15)24-4)18(21)20-10-13(3)26-17(11-20)19(22)23/h5-6,9,12-13,17H,7-8,10-11H2,1-4H3,(H,22,23)/t13-,17?/m1/s1. The van der Waals surface area contributed by atoms with Crippen molar-refractivity contribution < 1.29 is 28.9 Å². The van der Waals surface area contributed by atoms with Crippen LogP contribution in [-0.4, -0.2) is 60.9 Å². The molecule has 0 bridgehead atoms. The molecule has 1 aliphatic heterocycles. The molecule has 1 aliphatic rings. The molecule has 0 aliphatic carbocycles. The van der Waals surface area contributed by atoms with Gasteiger partial charge in [-0.2, -0.15) is 0 Å². The van der Waals surface area contributed by atoms with Crippen LogP contribution in [0.4, 0.5) is 0 Å². The maximum atomic E-state index is 12.8. The lowest BCUT2D eigenvalue weighted by molar-refractivity contribution is -0.160. The summed E-state index contributed by atoms with van der Waals surface area (Å²) in [4.78, 5) is 25.5. The number of benzene rings is 1. The molecule has 0 radical (unpaired) electrons. The molecule has 1 unspecified atom stereocenters. The van der Waals surface area contributed by atoms with E-state index >= 15 is 0 Å². The number of carboxylic acid groups (broad SMARTS) is 1. The minimum Gasteiger partial charge on any atom is -0.493 e. The maximum absolute atomic E-state index is 12.8. The van der Waals surface area contributed by atoms with Crippen molar-refractivity contribution in [1.29, 1.82) is 0 Å². The molecule has 0 spiro atoms. The van der Waals surface area contributed by atoms with Crippen LogP contribution in [0.15, 0.2) is 18.2 Å². The van der Waals surface area contributed by atoms with Crippen molar-refractivity contribution in [3.05, 3.63) is 23.8 Å². The third kappa shape index (κ3) is 5.11. The van der Waals surface area contributed by atoms with Crippen LogP contribution in [0, 0.1) is 5.92 Å². The van der Waals surface area contributed by atoms with Gasteiger partial charge in [0.05, 0.1) is 26.4 Å². The molecule has 0 aromatic heterocycles. The molecule has 1 heterocycles. The highest BCUT2D eigenvalue weighted by Crippen LogP contribution is 2.29. The fourth-order valence-electron chi connectivity index (χ4n) is 2.76. The minimum absolute atomic E-state index is 0.0213. The highest BCUT2D eigenvalue weighted by atomic mass is 16.5. The Kier molecular flexibility index (Phi) is 6.85. The molecule has 2 atom stereocenters. The predicted molar refractivity (Wildman–Crippen MR) is 95.8 cm³/mol. The Bertz CT molecular complexity index is 645. The van der Waals surface area contributed by atoms with Crippen molar-refractivity contribution in [2.75, 3.05) is 26.8 Å². The van der Waals surface area contributed by atoms with E-state index in [-0.39, 0.29) is 18.6 Å². The van der Waals surface area contributed by atoms with E-state index in [2.05, 4.69) is 13.8 Å². The third-order valence-corrected chi connectivity index (χ3v) is 4.19. The van der Waals surface area contributed by atoms with Gasteiger partial charge in [-0.25, -0.2) is 4.79 Å². The molecule has 1 fully saturated rings. The van der Waals surface area contributed by atoms with Gasteiger partial charge >= 0.3 is 5.97 Å². The van der Waals surface area contributed by atoms with Gasteiger partial charge in [0, 0.05) is 12.1 Å². The van der Waals surface area contributed by atoms with Crippen molar-refractivity contribution in [2.45, 2.75) is 39.4 Å². The molecule has 7 heteroatoms. The van der Waals surface area contributed by atoms with Crippen molar-refractivity contribution in [3.8, 4) is 11.5 Å². The van der Waals surface area contributed by atoms with Gasteiger partial charge in [0.15, 0.2) is 17.6 Å². The normalized spacial score (nSPS) is 20.1. The van der Waals surface area contributed by atoms with Crippen molar-refractivity contribution in [1.82, 2.24) is 4.90 Å². The van der Waals surface area contributed by atoms with Gasteiger partial charge in [0.2, 0.25) is 0 Å². The van der Waals surface area contributed by atoms with Gasteiger partial charge in [0.25, 0.3) is 5.91 Å². The second-order valence-electron chi connectivity index (χ2n) is 6.88. The molecule has 1 amide bonds. The molecule has 1 N–H and O–H groups in total. The van der Waals surface area contributed by atoms with Crippen LogP contribution in [0.2, 0.25) is 0 Å². The molecule has 1 saturated heterocycles. The zero-order valence-corrected chi connectivity index (χ0v) is 15.7. The van der Waals surface area contributed by atoms with Crippen molar-refractivity contribution in [2.24, 2.45) is 5.92 Å². The molecule has 144 valence electrons. The summed E-state index contributed by atoms with van der Waals surface area (Å²) in [5.74, 6) is 0.283. The van der Waals surface area contributed by atoms with E-state index in [0.717, 1.165) is 6.42 Å². The first-order chi connectivity index (χ1) is 12.3. The van der Waals surface area contributed by atoms with Crippen LogP contribution in [0.25, 0.3) is 0 Å². The SMILES string of the molecule is COc1cc(C(=O)N2CC(C(=O)O)O[C@H](C)C2)ccc1OCCC(C)C. The van der Waals surface area contributed by atoms with Gasteiger partial charge in [-0.1, -0.05) is 13.8 Å². The molecule has 2 rings (SSSR count). The number of carbonyl (C=O) groups is 2. The maximum Gasteiger partial charge on any atom is 0.334 e. The summed E-state index contributed by atoms with van der Waals surface area (Å²) in [5.41, 5.74) is 0.427. The summed E-state index contributed by atoms with van der Waals surface area (Å²) in [6.45, 7) is 6.93. The number of rotatable bonds is 7. The number of aliphatic carboxylic acids is 1. The minimum atomic E-state index is -1.07. The summed E-state index contributed by atoms with van der Waals surface area (Å²) in [6, 6.07) is 5.01. The van der Waals surface area contributed by atoms with E-state index in [1.54, 1.807) is 25.1 Å². The molecular formula is C19H27NO6. The third-order valence-electron chi connectivity index (χ3n) is 4.19. The van der Waals surface area contributed by atoms with Crippen LogP contribution >= 0.6 is 0 Å². The van der Waals surface area contributed by atoms with E-state index in [9.17, 15) is 9.59 Å². The van der Waals surface area contributed by atoms with E-state index in [1.807, 2.05) is 0 Å². The van der Waals surface area contributed by atoms with Crippen LogP contribution in [-0.2, 0) is 9.53 Å². The fourth-order valence-corrected chi connectivity index (χ4v) is 2.76. The zero-order chi connectivity index (χ0) is 19.3. The Morgan fingerprint density at radius 2 is 2.04 bits per heavy atom. The van der Waals surface area contributed by atoms with E-state index in [0.29, 0.717) is 36.1 Å². The first kappa shape index (κ1) is 20.0. The Morgan fingerprint density at radius 1 is 1.31 bits per heavy atom. The first-order valence-electron chi connectivity index (χ1n) is 8.80. The van der Waals surface area contributed by atoms with Crippen LogP contribution in [0.5, 0.6) is 11.5 Å². The smallest absolute Gasteiger partial charge is 0.334 e. The molecule has 26 heavy (non-hydrogen) atoms. The largest absolute Gasteiger partial charge is 0.493 e. The lowest BCUT2D eigenvalue weighted by Crippen LogP contribution is -2.51. The number of methoxy groups -OCH3 is 1. The number of nitrogens with zero attached hydrogens (tertiary/aromatic N) is 1. The Morgan fingerprint density at radius 3 is 2.65 bits per heavy atom. The number of morpholine rings is 1. The highest BCUT2D eigenvalue weighted by molar-refractivity contribution is 5.95. The average Bonchev–Trinajstić information content (AvgIpc) is 2.60. The highest BCUT2D eigenvalue weighted by Gasteiger charge is 2.33. The first-order valence-corrected chi connectivity index (χ1v) is 8.80. The van der Waals surface area contributed by atoms with Gasteiger partial charge in [-0.05, 0) is 37.5 Å². The number of carboxylic acids is 1.